The SMILES string of the molecule is O=C(NCC(c1ccoc1)N1CCSCC1)C1CC1. The minimum Gasteiger partial charge on any atom is -0.472 e. The summed E-state index contributed by atoms with van der Waals surface area (Å²) in [4.78, 5) is 14.3. The van der Waals surface area contributed by atoms with Gasteiger partial charge in [-0.1, -0.05) is 0 Å². The van der Waals surface area contributed by atoms with Gasteiger partial charge in [0.2, 0.25) is 5.91 Å². The first-order valence-electron chi connectivity index (χ1n) is 6.96. The zero-order valence-electron chi connectivity index (χ0n) is 11.0. The molecule has 2 fully saturated rings. The second-order valence-electron chi connectivity index (χ2n) is 5.24. The Bertz CT molecular complexity index is 411. The fourth-order valence-electron chi connectivity index (χ4n) is 2.50. The largest absolute Gasteiger partial charge is 0.472 e. The van der Waals surface area contributed by atoms with Gasteiger partial charge in [0.15, 0.2) is 0 Å². The van der Waals surface area contributed by atoms with E-state index in [1.807, 2.05) is 17.8 Å². The van der Waals surface area contributed by atoms with Gasteiger partial charge in [-0.15, -0.1) is 0 Å². The monoisotopic (exact) mass is 280 g/mol. The fourth-order valence-corrected chi connectivity index (χ4v) is 3.43. The third-order valence-electron chi connectivity index (χ3n) is 3.83. The molecule has 1 N–H and O–H groups in total. The Morgan fingerprint density at radius 3 is 2.89 bits per heavy atom. The van der Waals surface area contributed by atoms with Crippen LogP contribution >= 0.6 is 11.8 Å². The van der Waals surface area contributed by atoms with Crippen LogP contribution in [-0.2, 0) is 4.79 Å². The van der Waals surface area contributed by atoms with Gasteiger partial charge >= 0.3 is 0 Å². The molecule has 5 heteroatoms. The predicted molar refractivity (Wildman–Crippen MR) is 76.1 cm³/mol. The lowest BCUT2D eigenvalue weighted by molar-refractivity contribution is -0.122. The fraction of sp³-hybridized carbons (Fsp3) is 0.643. The maximum Gasteiger partial charge on any atom is 0.223 e. The van der Waals surface area contributed by atoms with E-state index < -0.39 is 0 Å². The van der Waals surface area contributed by atoms with Gasteiger partial charge in [-0.2, -0.15) is 11.8 Å². The zero-order valence-corrected chi connectivity index (χ0v) is 11.8. The van der Waals surface area contributed by atoms with E-state index in [0.717, 1.165) is 25.9 Å². The Labute approximate surface area is 117 Å². The minimum absolute atomic E-state index is 0.222. The lowest BCUT2D eigenvalue weighted by Crippen LogP contribution is -2.42. The van der Waals surface area contributed by atoms with Crippen LogP contribution in [0.1, 0.15) is 24.4 Å². The van der Waals surface area contributed by atoms with E-state index in [4.69, 9.17) is 4.42 Å². The van der Waals surface area contributed by atoms with Crippen LogP contribution in [0.4, 0.5) is 0 Å². The molecule has 19 heavy (non-hydrogen) atoms. The number of hydrogen-bond donors (Lipinski definition) is 1. The number of thioether (sulfide) groups is 1. The van der Waals surface area contributed by atoms with Crippen LogP contribution in [0.3, 0.4) is 0 Å². The average molecular weight is 280 g/mol. The minimum atomic E-state index is 0.222. The van der Waals surface area contributed by atoms with Crippen molar-refractivity contribution in [3.63, 3.8) is 0 Å². The molecule has 1 aromatic heterocycles. The second kappa shape index (κ2) is 6.01. The first-order chi connectivity index (χ1) is 9.34. The van der Waals surface area contributed by atoms with E-state index in [1.165, 1.54) is 17.1 Å². The zero-order chi connectivity index (χ0) is 13.1. The van der Waals surface area contributed by atoms with E-state index in [0.29, 0.717) is 6.54 Å². The summed E-state index contributed by atoms with van der Waals surface area (Å²) in [6, 6.07) is 2.26. The normalized spacial score (nSPS) is 22.1. The lowest BCUT2D eigenvalue weighted by Gasteiger charge is -2.34. The van der Waals surface area contributed by atoms with Crippen molar-refractivity contribution in [3.8, 4) is 0 Å². The molecule has 1 aliphatic heterocycles. The predicted octanol–water partition coefficient (Wildman–Crippen LogP) is 1.90. The molecule has 1 aromatic rings. The van der Waals surface area contributed by atoms with Gasteiger partial charge in [-0.3, -0.25) is 9.69 Å². The summed E-state index contributed by atoms with van der Waals surface area (Å²) in [6.07, 6.45) is 5.63. The molecule has 104 valence electrons. The molecule has 0 radical (unpaired) electrons. The summed E-state index contributed by atoms with van der Waals surface area (Å²) in [6.45, 7) is 2.86. The number of rotatable bonds is 5. The van der Waals surface area contributed by atoms with Crippen molar-refractivity contribution in [1.82, 2.24) is 10.2 Å². The molecule has 1 saturated heterocycles. The molecular weight excluding hydrogens is 260 g/mol. The number of nitrogens with one attached hydrogen (secondary N) is 1. The topological polar surface area (TPSA) is 45.5 Å². The van der Waals surface area contributed by atoms with Crippen LogP contribution in [0.15, 0.2) is 23.0 Å². The number of carbonyl (C=O) groups is 1. The van der Waals surface area contributed by atoms with Crippen LogP contribution in [0.5, 0.6) is 0 Å². The molecule has 0 aromatic carbocycles. The number of nitrogens with zero attached hydrogens (tertiary/aromatic N) is 1. The lowest BCUT2D eigenvalue weighted by atomic mass is 10.1. The van der Waals surface area contributed by atoms with E-state index in [2.05, 4.69) is 10.2 Å². The third-order valence-corrected chi connectivity index (χ3v) is 4.77. The van der Waals surface area contributed by atoms with Crippen LogP contribution in [-0.4, -0.2) is 41.9 Å². The Morgan fingerprint density at radius 2 is 2.26 bits per heavy atom. The second-order valence-corrected chi connectivity index (χ2v) is 6.46. The van der Waals surface area contributed by atoms with E-state index >= 15 is 0 Å². The molecule has 2 heterocycles. The van der Waals surface area contributed by atoms with Crippen molar-refractivity contribution in [3.05, 3.63) is 24.2 Å². The molecular formula is C14H20N2O2S. The Kier molecular flexibility index (Phi) is 4.13. The summed E-state index contributed by atoms with van der Waals surface area (Å²) in [7, 11) is 0. The van der Waals surface area contributed by atoms with E-state index in [9.17, 15) is 4.79 Å². The highest BCUT2D eigenvalue weighted by molar-refractivity contribution is 7.99. The molecule has 4 nitrogen and oxygen atoms in total. The summed E-state index contributed by atoms with van der Waals surface area (Å²) >= 11 is 2.00. The summed E-state index contributed by atoms with van der Waals surface area (Å²) in [5, 5.41) is 3.10. The van der Waals surface area contributed by atoms with Crippen molar-refractivity contribution in [2.45, 2.75) is 18.9 Å². The summed E-state index contributed by atoms with van der Waals surface area (Å²) in [5.74, 6) is 2.84. The van der Waals surface area contributed by atoms with Crippen LogP contribution in [0, 0.1) is 5.92 Å². The number of carbonyl (C=O) groups excluding carboxylic acids is 1. The van der Waals surface area contributed by atoms with Gasteiger partial charge in [0, 0.05) is 42.6 Å². The van der Waals surface area contributed by atoms with Crippen molar-refractivity contribution in [1.29, 1.82) is 0 Å². The molecule has 1 atom stereocenters. The van der Waals surface area contributed by atoms with Crippen molar-refractivity contribution >= 4 is 17.7 Å². The molecule has 1 unspecified atom stereocenters. The maximum absolute atomic E-state index is 11.8. The molecule has 3 rings (SSSR count). The van der Waals surface area contributed by atoms with Gasteiger partial charge < -0.3 is 9.73 Å². The van der Waals surface area contributed by atoms with Crippen LogP contribution in [0.2, 0.25) is 0 Å². The molecule has 1 amide bonds. The number of furan rings is 1. The smallest absolute Gasteiger partial charge is 0.223 e. The van der Waals surface area contributed by atoms with E-state index in [1.54, 1.807) is 12.5 Å². The average Bonchev–Trinajstić information content (AvgIpc) is 3.17. The van der Waals surface area contributed by atoms with Gasteiger partial charge in [-0.25, -0.2) is 0 Å². The van der Waals surface area contributed by atoms with Crippen molar-refractivity contribution in [2.24, 2.45) is 5.92 Å². The molecule has 0 bridgehead atoms. The van der Waals surface area contributed by atoms with Crippen molar-refractivity contribution in [2.75, 3.05) is 31.1 Å². The number of amides is 1. The number of hydrogen-bond acceptors (Lipinski definition) is 4. The first-order valence-corrected chi connectivity index (χ1v) is 8.11. The van der Waals surface area contributed by atoms with E-state index in [-0.39, 0.29) is 17.9 Å². The third kappa shape index (κ3) is 3.34. The summed E-state index contributed by atoms with van der Waals surface area (Å²) in [5.41, 5.74) is 1.17. The molecule has 1 saturated carbocycles. The van der Waals surface area contributed by atoms with Crippen molar-refractivity contribution < 1.29 is 9.21 Å². The Morgan fingerprint density at radius 1 is 1.47 bits per heavy atom. The Balaban J connectivity index is 1.63. The molecule has 0 spiro atoms. The van der Waals surface area contributed by atoms with Gasteiger partial charge in [-0.05, 0) is 18.9 Å². The maximum atomic E-state index is 11.8. The van der Waals surface area contributed by atoms with Gasteiger partial charge in [0.25, 0.3) is 0 Å². The van der Waals surface area contributed by atoms with Crippen LogP contribution < -0.4 is 5.32 Å². The quantitative estimate of drug-likeness (QED) is 0.895. The van der Waals surface area contributed by atoms with Gasteiger partial charge in [0.1, 0.15) is 0 Å². The highest BCUT2D eigenvalue weighted by Crippen LogP contribution is 2.29. The highest BCUT2D eigenvalue weighted by Gasteiger charge is 2.31. The highest BCUT2D eigenvalue weighted by atomic mass is 32.2. The first kappa shape index (κ1) is 13.1. The standard InChI is InChI=1S/C14H20N2O2S/c17-14(11-1-2-11)15-9-13(12-3-6-18-10-12)16-4-7-19-8-5-16/h3,6,10-11,13H,1-2,4-5,7-9H2,(H,15,17). The van der Waals surface area contributed by atoms with Crippen LogP contribution in [0.25, 0.3) is 0 Å². The Hall–Kier alpha value is -0.940. The molecule has 2 aliphatic rings. The van der Waals surface area contributed by atoms with Gasteiger partial charge in [0.05, 0.1) is 18.6 Å². The summed E-state index contributed by atoms with van der Waals surface area (Å²) < 4.78 is 5.21. The molecule has 1 aliphatic carbocycles.